The third kappa shape index (κ3) is 5.75. The van der Waals surface area contributed by atoms with Gasteiger partial charge in [0.1, 0.15) is 0 Å². The molecular formula is C15H28IN5O. The maximum absolute atomic E-state index is 6.04. The van der Waals surface area contributed by atoms with Gasteiger partial charge in [0.2, 0.25) is 0 Å². The average molecular weight is 421 g/mol. The molecule has 0 bridgehead atoms. The van der Waals surface area contributed by atoms with Crippen LogP contribution in [0, 0.1) is 6.92 Å². The zero-order chi connectivity index (χ0) is 15.1. The van der Waals surface area contributed by atoms with E-state index in [9.17, 15) is 0 Å². The Labute approximate surface area is 150 Å². The summed E-state index contributed by atoms with van der Waals surface area (Å²) in [4.78, 5) is 6.57. The molecule has 2 N–H and O–H groups in total. The topological polar surface area (TPSA) is 68.7 Å². The Kier molecular flexibility index (Phi) is 8.77. The van der Waals surface area contributed by atoms with Crippen molar-refractivity contribution < 1.29 is 4.74 Å². The van der Waals surface area contributed by atoms with Crippen molar-refractivity contribution in [2.24, 2.45) is 10.7 Å². The maximum Gasteiger partial charge on any atom is 0.191 e. The molecule has 1 aliphatic rings. The van der Waals surface area contributed by atoms with Crippen LogP contribution >= 0.6 is 24.0 Å². The second-order valence-electron chi connectivity index (χ2n) is 5.48. The number of ether oxygens (including phenoxy) is 1. The number of hydrogen-bond acceptors (Lipinski definition) is 3. The number of guanidine groups is 1. The predicted octanol–water partition coefficient (Wildman–Crippen LogP) is 2.15. The van der Waals surface area contributed by atoms with Crippen molar-refractivity contribution in [2.45, 2.75) is 46.2 Å². The number of unbranched alkanes of at least 4 members (excludes halogenated alkanes) is 2. The molecule has 22 heavy (non-hydrogen) atoms. The molecule has 0 aliphatic carbocycles. The quantitative estimate of drug-likeness (QED) is 0.331. The molecule has 0 saturated carbocycles. The van der Waals surface area contributed by atoms with Gasteiger partial charge in [-0.2, -0.15) is 5.10 Å². The summed E-state index contributed by atoms with van der Waals surface area (Å²) in [6.07, 6.45) is 5.75. The molecule has 2 rings (SSSR count). The fourth-order valence-electron chi connectivity index (χ4n) is 2.41. The average Bonchev–Trinajstić information content (AvgIpc) is 2.86. The van der Waals surface area contributed by atoms with E-state index in [1.54, 1.807) is 0 Å². The van der Waals surface area contributed by atoms with Crippen molar-refractivity contribution in [2.75, 3.05) is 26.3 Å². The number of aryl methyl sites for hydroxylation is 2. The summed E-state index contributed by atoms with van der Waals surface area (Å²) in [6, 6.07) is 0. The number of nitrogens with two attached hydrogens (primary N) is 1. The minimum Gasteiger partial charge on any atom is -0.378 e. The van der Waals surface area contributed by atoms with E-state index in [0.717, 1.165) is 44.1 Å². The van der Waals surface area contributed by atoms with Crippen molar-refractivity contribution in [3.63, 3.8) is 0 Å². The molecule has 1 fully saturated rings. The second-order valence-corrected chi connectivity index (χ2v) is 5.48. The van der Waals surface area contributed by atoms with Gasteiger partial charge in [0.25, 0.3) is 0 Å². The number of aromatic nitrogens is 2. The molecule has 0 atom stereocenters. The van der Waals surface area contributed by atoms with Gasteiger partial charge < -0.3 is 15.4 Å². The standard InChI is InChI=1S/C15H27N5O.HI/c1-3-4-5-6-20-12-14(13(2)18-20)11-17-15(16)19-7-9-21-10-8-19;/h12H,3-11H2,1-2H3,(H2,16,17);1H. The smallest absolute Gasteiger partial charge is 0.191 e. The summed E-state index contributed by atoms with van der Waals surface area (Å²) in [5.41, 5.74) is 8.25. The third-order valence-electron chi connectivity index (χ3n) is 3.79. The van der Waals surface area contributed by atoms with Gasteiger partial charge in [-0.15, -0.1) is 24.0 Å². The summed E-state index contributed by atoms with van der Waals surface area (Å²) in [5, 5.41) is 4.55. The highest BCUT2D eigenvalue weighted by Crippen LogP contribution is 2.09. The Morgan fingerprint density at radius 1 is 1.36 bits per heavy atom. The molecule has 6 nitrogen and oxygen atoms in total. The molecule has 7 heteroatoms. The molecule has 126 valence electrons. The van der Waals surface area contributed by atoms with Gasteiger partial charge in [0, 0.05) is 31.4 Å². The summed E-state index contributed by atoms with van der Waals surface area (Å²) >= 11 is 0. The molecule has 0 aromatic carbocycles. The first kappa shape index (κ1) is 19.2. The molecular weight excluding hydrogens is 393 g/mol. The molecule has 0 unspecified atom stereocenters. The van der Waals surface area contributed by atoms with Crippen LogP contribution in [0.5, 0.6) is 0 Å². The van der Waals surface area contributed by atoms with Gasteiger partial charge in [-0.1, -0.05) is 19.8 Å². The zero-order valence-corrected chi connectivity index (χ0v) is 16.0. The Balaban J connectivity index is 0.00000242. The van der Waals surface area contributed by atoms with Crippen molar-refractivity contribution in [1.29, 1.82) is 0 Å². The lowest BCUT2D eigenvalue weighted by Crippen LogP contribution is -2.44. The van der Waals surface area contributed by atoms with E-state index in [-0.39, 0.29) is 24.0 Å². The molecule has 1 saturated heterocycles. The van der Waals surface area contributed by atoms with Crippen LogP contribution in [0.1, 0.15) is 37.4 Å². The largest absolute Gasteiger partial charge is 0.378 e. The van der Waals surface area contributed by atoms with E-state index in [1.165, 1.54) is 19.3 Å². The normalized spacial score (nSPS) is 15.7. The summed E-state index contributed by atoms with van der Waals surface area (Å²) < 4.78 is 7.34. The first-order chi connectivity index (χ1) is 10.2. The SMILES string of the molecule is CCCCCn1cc(CN=C(N)N2CCOCC2)c(C)n1.I. The van der Waals surface area contributed by atoms with E-state index in [0.29, 0.717) is 12.5 Å². The molecule has 0 spiro atoms. The Hall–Kier alpha value is -0.830. The van der Waals surface area contributed by atoms with E-state index >= 15 is 0 Å². The molecule has 0 radical (unpaired) electrons. The van der Waals surface area contributed by atoms with Crippen LogP contribution in [-0.2, 0) is 17.8 Å². The van der Waals surface area contributed by atoms with Gasteiger partial charge in [-0.05, 0) is 13.3 Å². The predicted molar refractivity (Wildman–Crippen MR) is 99.6 cm³/mol. The van der Waals surface area contributed by atoms with Crippen LogP contribution in [0.15, 0.2) is 11.2 Å². The third-order valence-corrected chi connectivity index (χ3v) is 3.79. The van der Waals surface area contributed by atoms with E-state index in [4.69, 9.17) is 10.5 Å². The monoisotopic (exact) mass is 421 g/mol. The highest BCUT2D eigenvalue weighted by molar-refractivity contribution is 14.0. The van der Waals surface area contributed by atoms with Crippen molar-refractivity contribution in [3.8, 4) is 0 Å². The Morgan fingerprint density at radius 2 is 2.09 bits per heavy atom. The van der Waals surface area contributed by atoms with Crippen molar-refractivity contribution >= 4 is 29.9 Å². The number of aliphatic imine (C=N–C) groups is 1. The van der Waals surface area contributed by atoms with Crippen LogP contribution in [0.2, 0.25) is 0 Å². The minimum atomic E-state index is 0. The number of morpholine rings is 1. The molecule has 1 aliphatic heterocycles. The fourth-order valence-corrected chi connectivity index (χ4v) is 2.41. The molecule has 1 aromatic rings. The maximum atomic E-state index is 6.04. The minimum absolute atomic E-state index is 0. The van der Waals surface area contributed by atoms with Crippen molar-refractivity contribution in [1.82, 2.24) is 14.7 Å². The highest BCUT2D eigenvalue weighted by atomic mass is 127. The van der Waals surface area contributed by atoms with Crippen LogP contribution in [0.25, 0.3) is 0 Å². The Bertz CT molecular complexity index is 468. The number of rotatable bonds is 6. The second kappa shape index (κ2) is 10.0. The van der Waals surface area contributed by atoms with Crippen LogP contribution in [-0.4, -0.2) is 46.9 Å². The number of hydrogen-bond donors (Lipinski definition) is 1. The number of nitrogens with zero attached hydrogens (tertiary/aromatic N) is 4. The summed E-state index contributed by atoms with van der Waals surface area (Å²) in [5.74, 6) is 0.608. The Morgan fingerprint density at radius 3 is 2.77 bits per heavy atom. The van der Waals surface area contributed by atoms with E-state index in [2.05, 4.69) is 28.1 Å². The molecule has 2 heterocycles. The van der Waals surface area contributed by atoms with Gasteiger partial charge >= 0.3 is 0 Å². The van der Waals surface area contributed by atoms with Gasteiger partial charge in [-0.3, -0.25) is 4.68 Å². The highest BCUT2D eigenvalue weighted by Gasteiger charge is 2.12. The zero-order valence-electron chi connectivity index (χ0n) is 13.6. The van der Waals surface area contributed by atoms with Gasteiger partial charge in [0.15, 0.2) is 5.96 Å². The van der Waals surface area contributed by atoms with E-state index < -0.39 is 0 Å². The van der Waals surface area contributed by atoms with Crippen LogP contribution in [0.4, 0.5) is 0 Å². The lowest BCUT2D eigenvalue weighted by atomic mass is 10.2. The molecule has 0 amide bonds. The molecule has 1 aromatic heterocycles. The van der Waals surface area contributed by atoms with E-state index in [1.807, 2.05) is 11.6 Å². The fraction of sp³-hybridized carbons (Fsp3) is 0.733. The van der Waals surface area contributed by atoms with Gasteiger partial charge in [-0.25, -0.2) is 4.99 Å². The first-order valence-electron chi connectivity index (χ1n) is 7.86. The summed E-state index contributed by atoms with van der Waals surface area (Å²) in [7, 11) is 0. The first-order valence-corrected chi connectivity index (χ1v) is 7.86. The van der Waals surface area contributed by atoms with Crippen molar-refractivity contribution in [3.05, 3.63) is 17.5 Å². The summed E-state index contributed by atoms with van der Waals surface area (Å²) in [6.45, 7) is 8.93. The number of halogens is 1. The van der Waals surface area contributed by atoms with Gasteiger partial charge in [0.05, 0.1) is 25.5 Å². The van der Waals surface area contributed by atoms with Crippen LogP contribution in [0.3, 0.4) is 0 Å². The lowest BCUT2D eigenvalue weighted by molar-refractivity contribution is 0.0674. The van der Waals surface area contributed by atoms with Crippen LogP contribution < -0.4 is 5.73 Å². The lowest BCUT2D eigenvalue weighted by Gasteiger charge is -2.27.